The fourth-order valence-electron chi connectivity index (χ4n) is 16.1. The van der Waals surface area contributed by atoms with E-state index >= 15 is 0 Å². The van der Waals surface area contributed by atoms with Crippen molar-refractivity contribution in [2.24, 2.45) is 5.92 Å². The average Bonchev–Trinajstić information content (AvgIpc) is 0.753. The van der Waals surface area contributed by atoms with Gasteiger partial charge in [-0.25, -0.2) is 4.57 Å². The van der Waals surface area contributed by atoms with E-state index in [4.69, 9.17) is 46.9 Å². The molecule has 700 valence electrons. The van der Waals surface area contributed by atoms with Gasteiger partial charge >= 0.3 is 31.7 Å². The summed E-state index contributed by atoms with van der Waals surface area (Å²) in [5.74, 6) is -2.28. The highest BCUT2D eigenvalue weighted by molar-refractivity contribution is 7.47. The Morgan fingerprint density at radius 2 is 0.681 bits per heavy atom. The van der Waals surface area contributed by atoms with Crippen molar-refractivity contribution < 1.29 is 122 Å². The van der Waals surface area contributed by atoms with E-state index in [1.54, 1.807) is 0 Å². The van der Waals surface area contributed by atoms with Crippen LogP contribution in [-0.4, -0.2) is 205 Å². The van der Waals surface area contributed by atoms with Crippen LogP contribution in [0.5, 0.6) is 0 Å². The minimum absolute atomic E-state index is 0.0157. The molecule has 2 aliphatic heterocycles. The lowest BCUT2D eigenvalue weighted by Gasteiger charge is -2.50. The maximum atomic E-state index is 14.9. The Morgan fingerprint density at radius 3 is 1.09 bits per heavy atom. The molecule has 3 fully saturated rings. The molecule has 3 rings (SSSR count). The molecule has 0 aromatic carbocycles. The summed E-state index contributed by atoms with van der Waals surface area (Å²) in [5, 5.41) is 102. The van der Waals surface area contributed by atoms with E-state index in [1.165, 1.54) is 199 Å². The molecule has 10 N–H and O–H groups in total. The number of esters is 4. The van der Waals surface area contributed by atoms with Crippen molar-refractivity contribution in [2.45, 2.75) is 524 Å². The van der Waals surface area contributed by atoms with Gasteiger partial charge in [-0.05, 0) is 57.3 Å². The molecule has 0 amide bonds. The normalized spacial score (nSPS) is 25.1. The molecule has 19 unspecified atom stereocenters. The van der Waals surface area contributed by atoms with Crippen LogP contribution in [0.2, 0.25) is 0 Å². The summed E-state index contributed by atoms with van der Waals surface area (Å²) in [4.78, 5) is 66.5. The summed E-state index contributed by atoms with van der Waals surface area (Å²) < 4.78 is 73.5. The third-order valence-electron chi connectivity index (χ3n) is 23.9. The number of unbranched alkanes of at least 4 members (excludes halogenated alkanes) is 48. The maximum Gasteiger partial charge on any atom is 0.472 e. The second-order valence-electron chi connectivity index (χ2n) is 34.9. The van der Waals surface area contributed by atoms with Crippen molar-refractivity contribution in [3.8, 4) is 0 Å². The quantitative estimate of drug-likeness (QED) is 0.00889. The van der Waals surface area contributed by atoms with Crippen LogP contribution in [-0.2, 0) is 70.7 Å². The standard InChI is InChI=1S/C93H173O25P/c1-6-10-14-18-22-25-28-31-33-35-38-40-43-46-54-60-66-78(97)112-73(69-109-76(95)64-58-52-45-42-39-36-30-27-24-20-16-12-8-3)70-111-119(107,108)118-91-89(116-92-86(105)82(101)80(99)74(68-94)113-92)85(104)84(103)88(115-79(98)67-61-55-47-44-41-37-34-32-29-26-23-19-15-11-7-2)90(91)117-93-87(106)83(102)81(100)75(114-93)71-110-77(96)65-59-53-49-48-51-57-63-72(5)62-56-50-21-17-13-9-4/h36,39,72-75,80-94,99-106H,6-35,37-38,40-71H2,1-5H3,(H,107,108)/b39-36-. The minimum atomic E-state index is -5.81. The molecule has 1 aliphatic carbocycles. The molecule has 2 heterocycles. The molecule has 1 saturated carbocycles. The predicted molar refractivity (Wildman–Crippen MR) is 463 cm³/mol. The van der Waals surface area contributed by atoms with Crippen molar-refractivity contribution in [2.75, 3.05) is 26.4 Å². The zero-order valence-electron chi connectivity index (χ0n) is 74.8. The van der Waals surface area contributed by atoms with Crippen LogP contribution >= 0.6 is 7.82 Å². The number of carbonyl (C=O) groups is 4. The molecule has 119 heavy (non-hydrogen) atoms. The van der Waals surface area contributed by atoms with Gasteiger partial charge in [0.1, 0.15) is 92.6 Å². The van der Waals surface area contributed by atoms with Gasteiger partial charge in [0.25, 0.3) is 0 Å². The number of aliphatic hydroxyl groups excluding tert-OH is 9. The zero-order valence-corrected chi connectivity index (χ0v) is 75.7. The molecular formula is C93H173O25P. The third kappa shape index (κ3) is 51.6. The SMILES string of the molecule is CCCCCCCC/C=C\CCCCCC(=O)OCC(COP(=O)(O)OC1C(OC2OC(CO)C(O)C(O)C2O)C(O)C(O)C(OC(=O)CCCCCCCCCCCCCCCCC)C1OC1OC(COC(=O)CCCCCCCCC(C)CCCCCCCC)C(O)C(O)C1O)OC(=O)CCCCCCCCCCCCCCCCCC. The first kappa shape index (κ1) is 110. The Hall–Kier alpha value is -2.79. The van der Waals surface area contributed by atoms with Crippen LogP contribution in [0.15, 0.2) is 12.2 Å². The van der Waals surface area contributed by atoms with Crippen LogP contribution in [0.25, 0.3) is 0 Å². The Morgan fingerprint density at radius 1 is 0.353 bits per heavy atom. The predicted octanol–water partition coefficient (Wildman–Crippen LogP) is 18.2. The van der Waals surface area contributed by atoms with Gasteiger partial charge in [-0.1, -0.05) is 355 Å². The van der Waals surface area contributed by atoms with E-state index in [2.05, 4.69) is 46.8 Å². The highest BCUT2D eigenvalue weighted by Crippen LogP contribution is 2.49. The van der Waals surface area contributed by atoms with Gasteiger partial charge in [-0.2, -0.15) is 0 Å². The van der Waals surface area contributed by atoms with Gasteiger partial charge in [-0.15, -0.1) is 0 Å². The van der Waals surface area contributed by atoms with E-state index in [0.717, 1.165) is 128 Å². The number of hydrogen-bond acceptors (Lipinski definition) is 24. The van der Waals surface area contributed by atoms with E-state index in [-0.39, 0.29) is 25.7 Å². The van der Waals surface area contributed by atoms with Crippen LogP contribution < -0.4 is 0 Å². The number of rotatable bonds is 78. The van der Waals surface area contributed by atoms with Crippen molar-refractivity contribution in [3.63, 3.8) is 0 Å². The molecule has 0 bridgehead atoms. The lowest BCUT2D eigenvalue weighted by molar-refractivity contribution is -0.360. The molecule has 19 atom stereocenters. The summed E-state index contributed by atoms with van der Waals surface area (Å²) in [6, 6.07) is 0. The van der Waals surface area contributed by atoms with Gasteiger partial charge < -0.3 is 88.7 Å². The molecule has 0 aromatic rings. The zero-order chi connectivity index (χ0) is 86.9. The molecule has 0 spiro atoms. The molecule has 26 heteroatoms. The van der Waals surface area contributed by atoms with E-state index < -0.39 is 162 Å². The molecule has 0 aromatic heterocycles. The average molecular weight is 1720 g/mol. The number of carbonyl (C=O) groups excluding carboxylic acids is 4. The summed E-state index contributed by atoms with van der Waals surface area (Å²) in [6.07, 6.45) is 29.1. The van der Waals surface area contributed by atoms with E-state index in [0.29, 0.717) is 38.0 Å². The van der Waals surface area contributed by atoms with E-state index in [1.807, 2.05) is 0 Å². The smallest absolute Gasteiger partial charge is 0.463 e. The van der Waals surface area contributed by atoms with Crippen LogP contribution in [0.3, 0.4) is 0 Å². The molecule has 2 saturated heterocycles. The highest BCUT2D eigenvalue weighted by Gasteiger charge is 2.60. The largest absolute Gasteiger partial charge is 0.472 e. The topological polar surface area (TPSA) is 380 Å². The van der Waals surface area contributed by atoms with Crippen molar-refractivity contribution in [1.82, 2.24) is 0 Å². The monoisotopic (exact) mass is 1720 g/mol. The van der Waals surface area contributed by atoms with Crippen molar-refractivity contribution >= 4 is 31.7 Å². The summed E-state index contributed by atoms with van der Waals surface area (Å²) in [6.45, 7) is 7.93. The second kappa shape index (κ2) is 71.3. The molecule has 25 nitrogen and oxygen atoms in total. The Kier molecular flexibility index (Phi) is 66.1. The second-order valence-corrected chi connectivity index (χ2v) is 36.3. The first-order valence-electron chi connectivity index (χ1n) is 48.3. The minimum Gasteiger partial charge on any atom is -0.463 e. The molecular weight excluding hydrogens is 1550 g/mol. The number of phosphoric acid groups is 1. The molecule has 3 aliphatic rings. The lowest BCUT2D eigenvalue weighted by Crippen LogP contribution is -2.70. The number of phosphoric ester groups is 1. The van der Waals surface area contributed by atoms with Crippen LogP contribution in [0.4, 0.5) is 0 Å². The molecule has 0 radical (unpaired) electrons. The van der Waals surface area contributed by atoms with Crippen molar-refractivity contribution in [3.05, 3.63) is 12.2 Å². The fourth-order valence-corrected chi connectivity index (χ4v) is 17.1. The number of hydrogen-bond donors (Lipinski definition) is 10. The Balaban J connectivity index is 1.91. The number of aliphatic hydroxyl groups is 9. The lowest BCUT2D eigenvalue weighted by atomic mass is 9.84. The van der Waals surface area contributed by atoms with Gasteiger partial charge in [0, 0.05) is 25.7 Å². The summed E-state index contributed by atoms with van der Waals surface area (Å²) >= 11 is 0. The first-order valence-corrected chi connectivity index (χ1v) is 49.8. The van der Waals surface area contributed by atoms with Crippen LogP contribution in [0.1, 0.15) is 420 Å². The van der Waals surface area contributed by atoms with Gasteiger partial charge in [0.2, 0.25) is 0 Å². The van der Waals surface area contributed by atoms with E-state index in [9.17, 15) is 74.6 Å². The fraction of sp³-hybridized carbons (Fsp3) is 0.935. The third-order valence-corrected chi connectivity index (χ3v) is 24.9. The van der Waals surface area contributed by atoms with Crippen LogP contribution in [0, 0.1) is 5.92 Å². The first-order chi connectivity index (χ1) is 57.6. The maximum absolute atomic E-state index is 14.9. The Bertz CT molecular complexity index is 2530. The number of ether oxygens (including phenoxy) is 8. The Labute approximate surface area is 718 Å². The summed E-state index contributed by atoms with van der Waals surface area (Å²) in [5.41, 5.74) is 0. The van der Waals surface area contributed by atoms with Crippen molar-refractivity contribution in [1.29, 1.82) is 0 Å². The van der Waals surface area contributed by atoms with Gasteiger partial charge in [0.05, 0.1) is 13.2 Å². The number of allylic oxidation sites excluding steroid dienone is 2. The highest BCUT2D eigenvalue weighted by atomic mass is 31.2. The van der Waals surface area contributed by atoms with Gasteiger partial charge in [-0.3, -0.25) is 28.2 Å². The van der Waals surface area contributed by atoms with Gasteiger partial charge in [0.15, 0.2) is 24.8 Å². The summed E-state index contributed by atoms with van der Waals surface area (Å²) in [7, 11) is -5.81.